The lowest BCUT2D eigenvalue weighted by Crippen LogP contribution is -2.07. The van der Waals surface area contributed by atoms with Crippen LogP contribution < -0.4 is 0 Å². The van der Waals surface area contributed by atoms with Gasteiger partial charge in [0.25, 0.3) is 0 Å². The Morgan fingerprint density at radius 3 is 2.92 bits per heavy atom. The quantitative estimate of drug-likeness (QED) is 0.681. The maximum absolute atomic E-state index is 10.7. The Kier molecular flexibility index (Phi) is 3.69. The van der Waals surface area contributed by atoms with E-state index < -0.39 is 5.97 Å². The van der Waals surface area contributed by atoms with Crippen LogP contribution in [0.15, 0.2) is 5.16 Å². The summed E-state index contributed by atoms with van der Waals surface area (Å²) in [5.74, 6) is -0.914. The van der Waals surface area contributed by atoms with E-state index in [1.165, 1.54) is 0 Å². The largest absolute Gasteiger partial charge is 0.480 e. The Hall–Kier alpha value is -1.11. The minimum atomic E-state index is -0.914. The monoisotopic (exact) mass is 201 g/mol. The van der Waals surface area contributed by atoms with Crippen LogP contribution in [0.1, 0.15) is 19.8 Å². The van der Waals surface area contributed by atoms with Crippen molar-refractivity contribution in [2.75, 3.05) is 0 Å². The fourth-order valence-corrected chi connectivity index (χ4v) is 1.53. The number of carboxylic acids is 1. The van der Waals surface area contributed by atoms with E-state index in [9.17, 15) is 4.79 Å². The van der Waals surface area contributed by atoms with E-state index in [0.717, 1.165) is 18.2 Å². The van der Waals surface area contributed by atoms with Crippen molar-refractivity contribution in [2.24, 2.45) is 0 Å². The van der Waals surface area contributed by atoms with Gasteiger partial charge in [-0.2, -0.15) is 0 Å². The summed E-state index contributed by atoms with van der Waals surface area (Å²) in [6, 6.07) is 0. The Balaban J connectivity index is 2.52. The second-order valence-electron chi connectivity index (χ2n) is 2.29. The van der Waals surface area contributed by atoms with Crippen LogP contribution in [-0.4, -0.2) is 31.7 Å². The number of carbonyl (C=O) groups is 1. The number of H-pyrrole nitrogens is 1. The Bertz CT molecular complexity index is 264. The first-order chi connectivity index (χ1) is 6.24. The van der Waals surface area contributed by atoms with Crippen molar-refractivity contribution >= 4 is 17.7 Å². The summed E-state index contributed by atoms with van der Waals surface area (Å²) in [5, 5.41) is 22.3. The molecule has 6 nitrogen and oxygen atoms in total. The lowest BCUT2D eigenvalue weighted by atomic mass is 10.2. The van der Waals surface area contributed by atoms with Crippen molar-refractivity contribution in [3.05, 3.63) is 5.25 Å². The third-order valence-corrected chi connectivity index (χ3v) is 2.25. The number of aliphatic carboxylic acids is 1. The molecule has 7 heteroatoms. The topological polar surface area (TPSA) is 91.8 Å². The molecular formula is C6H9N4O2S. The molecule has 1 aromatic heterocycles. The molecule has 0 amide bonds. The number of nitrogens with zero attached hydrogens (tertiary/aromatic N) is 3. The van der Waals surface area contributed by atoms with Gasteiger partial charge in [0.1, 0.15) is 5.25 Å². The van der Waals surface area contributed by atoms with Crippen LogP contribution >= 0.6 is 11.8 Å². The van der Waals surface area contributed by atoms with Gasteiger partial charge < -0.3 is 5.11 Å². The number of thioether (sulfide) groups is 1. The molecule has 0 saturated heterocycles. The zero-order valence-electron chi connectivity index (χ0n) is 7.02. The van der Waals surface area contributed by atoms with Crippen molar-refractivity contribution in [3.8, 4) is 0 Å². The zero-order valence-corrected chi connectivity index (χ0v) is 7.84. The van der Waals surface area contributed by atoms with E-state index in [0.29, 0.717) is 16.8 Å². The molecule has 0 unspecified atom stereocenters. The second-order valence-corrected chi connectivity index (χ2v) is 3.37. The van der Waals surface area contributed by atoms with Crippen molar-refractivity contribution in [1.82, 2.24) is 20.6 Å². The van der Waals surface area contributed by atoms with Gasteiger partial charge in [0.15, 0.2) is 0 Å². The smallest absolute Gasteiger partial charge is 0.322 e. The standard InChI is InChI=1S/C6H9N4O2S/c1-2-3-4(5(11)12)13-6-7-9-10-8-6/h2-3H2,1H3,(H,11,12)(H,7,8,9,10). The molecule has 0 bridgehead atoms. The van der Waals surface area contributed by atoms with Crippen LogP contribution in [-0.2, 0) is 4.79 Å². The molecule has 0 aliphatic rings. The highest BCUT2D eigenvalue weighted by Crippen LogP contribution is 2.29. The Labute approximate surface area is 79.1 Å². The molecule has 0 fully saturated rings. The SMILES string of the molecule is CCC[C](Sc1nnn[nH]1)C(=O)O. The highest BCUT2D eigenvalue weighted by Gasteiger charge is 2.20. The lowest BCUT2D eigenvalue weighted by molar-refractivity contribution is -0.133. The minimum Gasteiger partial charge on any atom is -0.480 e. The van der Waals surface area contributed by atoms with Gasteiger partial charge >= 0.3 is 5.97 Å². The van der Waals surface area contributed by atoms with Crippen molar-refractivity contribution in [1.29, 1.82) is 0 Å². The molecule has 2 N–H and O–H groups in total. The van der Waals surface area contributed by atoms with E-state index >= 15 is 0 Å². The number of rotatable bonds is 5. The highest BCUT2D eigenvalue weighted by molar-refractivity contribution is 8.02. The van der Waals surface area contributed by atoms with Crippen LogP contribution in [0.5, 0.6) is 0 Å². The first-order valence-corrected chi connectivity index (χ1v) is 4.56. The van der Waals surface area contributed by atoms with Crippen LogP contribution in [0.4, 0.5) is 0 Å². The van der Waals surface area contributed by atoms with Gasteiger partial charge in [-0.1, -0.05) is 25.1 Å². The number of hydrogen-bond donors (Lipinski definition) is 2. The highest BCUT2D eigenvalue weighted by atomic mass is 32.2. The van der Waals surface area contributed by atoms with Crippen LogP contribution in [0, 0.1) is 5.25 Å². The molecule has 0 aromatic carbocycles. The maximum Gasteiger partial charge on any atom is 0.322 e. The van der Waals surface area contributed by atoms with E-state index in [-0.39, 0.29) is 0 Å². The van der Waals surface area contributed by atoms with Crippen LogP contribution in [0.25, 0.3) is 0 Å². The fourth-order valence-electron chi connectivity index (χ4n) is 0.739. The first-order valence-electron chi connectivity index (χ1n) is 3.74. The molecule has 0 atom stereocenters. The number of hydrogen-bond acceptors (Lipinski definition) is 5. The Morgan fingerprint density at radius 1 is 1.69 bits per heavy atom. The number of tetrazole rings is 1. The normalized spacial score (nSPS) is 10.6. The van der Waals surface area contributed by atoms with Gasteiger partial charge in [-0.3, -0.25) is 4.79 Å². The molecule has 0 spiro atoms. The molecule has 1 aromatic rings. The van der Waals surface area contributed by atoms with E-state index in [1.807, 2.05) is 6.92 Å². The fraction of sp³-hybridized carbons (Fsp3) is 0.500. The molecule has 1 rings (SSSR count). The summed E-state index contributed by atoms with van der Waals surface area (Å²) in [7, 11) is 0. The van der Waals surface area contributed by atoms with Crippen LogP contribution in [0.2, 0.25) is 0 Å². The van der Waals surface area contributed by atoms with E-state index in [1.54, 1.807) is 0 Å². The molecule has 71 valence electrons. The molecule has 0 saturated carbocycles. The molecular weight excluding hydrogens is 192 g/mol. The molecule has 1 radical (unpaired) electrons. The average molecular weight is 201 g/mol. The van der Waals surface area contributed by atoms with Gasteiger partial charge in [0.05, 0.1) is 0 Å². The predicted molar refractivity (Wildman–Crippen MR) is 45.8 cm³/mol. The number of aromatic amines is 1. The van der Waals surface area contributed by atoms with Gasteiger partial charge in [-0.05, 0) is 16.8 Å². The minimum absolute atomic E-state index is 0.348. The summed E-state index contributed by atoms with van der Waals surface area (Å²) >= 11 is 1.05. The van der Waals surface area contributed by atoms with Gasteiger partial charge in [-0.25, -0.2) is 5.10 Å². The van der Waals surface area contributed by atoms with E-state index in [4.69, 9.17) is 5.11 Å². The molecule has 13 heavy (non-hydrogen) atoms. The van der Waals surface area contributed by atoms with Gasteiger partial charge in [-0.15, -0.1) is 5.10 Å². The summed E-state index contributed by atoms with van der Waals surface area (Å²) < 4.78 is 0. The maximum atomic E-state index is 10.7. The second kappa shape index (κ2) is 4.80. The van der Waals surface area contributed by atoms with Gasteiger partial charge in [0.2, 0.25) is 5.16 Å². The third kappa shape index (κ3) is 3.02. The Morgan fingerprint density at radius 2 is 2.46 bits per heavy atom. The number of carboxylic acid groups (broad SMARTS) is 1. The first kappa shape index (κ1) is 9.97. The number of nitrogens with one attached hydrogen (secondary N) is 1. The molecule has 0 aliphatic heterocycles. The summed E-state index contributed by atoms with van der Waals surface area (Å²) in [4.78, 5) is 10.7. The zero-order chi connectivity index (χ0) is 9.68. The third-order valence-electron chi connectivity index (χ3n) is 1.26. The van der Waals surface area contributed by atoms with Crippen LogP contribution in [0.3, 0.4) is 0 Å². The average Bonchev–Trinajstić information content (AvgIpc) is 2.56. The summed E-state index contributed by atoms with van der Waals surface area (Å²) in [5.41, 5.74) is 0. The van der Waals surface area contributed by atoms with Crippen molar-refractivity contribution in [3.63, 3.8) is 0 Å². The van der Waals surface area contributed by atoms with Crippen molar-refractivity contribution in [2.45, 2.75) is 24.9 Å². The summed E-state index contributed by atoms with van der Waals surface area (Å²) in [6.07, 6.45) is 1.32. The molecule has 1 heterocycles. The summed E-state index contributed by atoms with van der Waals surface area (Å²) in [6.45, 7) is 1.92. The predicted octanol–water partition coefficient (Wildman–Crippen LogP) is 0.708. The number of aromatic nitrogens is 4. The van der Waals surface area contributed by atoms with Crippen molar-refractivity contribution < 1.29 is 9.90 Å². The van der Waals surface area contributed by atoms with Gasteiger partial charge in [0, 0.05) is 0 Å². The van der Waals surface area contributed by atoms with E-state index in [2.05, 4.69) is 20.6 Å². The lowest BCUT2D eigenvalue weighted by Gasteiger charge is -2.05. The molecule has 0 aliphatic carbocycles.